The van der Waals surface area contributed by atoms with Crippen LogP contribution < -0.4 is 4.90 Å². The third-order valence-electron chi connectivity index (χ3n) is 10.7. The molecule has 0 aliphatic heterocycles. The van der Waals surface area contributed by atoms with Crippen molar-refractivity contribution in [2.24, 2.45) is 0 Å². The SMILES string of the molecule is c1ccc(-c2ccc(N(c3ccc(-c4cccc5sc6ccccc6c45)cc3)c3cccc4ccc5ccccc5c34)c3c2oc2ccccc23)cc1. The number of benzene rings is 9. The molecule has 248 valence electrons. The predicted octanol–water partition coefficient (Wildman–Crippen LogP) is 15.1. The third-order valence-corrected chi connectivity index (χ3v) is 11.8. The molecule has 0 radical (unpaired) electrons. The van der Waals surface area contributed by atoms with E-state index in [0.29, 0.717) is 0 Å². The highest BCUT2D eigenvalue weighted by molar-refractivity contribution is 7.25. The Bertz CT molecular complexity index is 3170. The van der Waals surface area contributed by atoms with Gasteiger partial charge in [-0.05, 0) is 81.4 Å². The maximum absolute atomic E-state index is 6.78. The van der Waals surface area contributed by atoms with Gasteiger partial charge in [0.05, 0.1) is 16.8 Å². The Hall–Kier alpha value is -6.68. The highest BCUT2D eigenvalue weighted by Gasteiger charge is 2.24. The van der Waals surface area contributed by atoms with Crippen LogP contribution in [0.1, 0.15) is 0 Å². The van der Waals surface area contributed by atoms with E-state index >= 15 is 0 Å². The number of hydrogen-bond donors (Lipinski definition) is 0. The van der Waals surface area contributed by atoms with Gasteiger partial charge < -0.3 is 9.32 Å². The lowest BCUT2D eigenvalue weighted by molar-refractivity contribution is 0.670. The molecule has 2 aromatic heterocycles. The van der Waals surface area contributed by atoms with Crippen molar-refractivity contribution in [3.63, 3.8) is 0 Å². The summed E-state index contributed by atoms with van der Waals surface area (Å²) in [5, 5.41) is 9.69. The molecule has 0 saturated carbocycles. The first-order valence-corrected chi connectivity index (χ1v) is 18.8. The van der Waals surface area contributed by atoms with Crippen LogP contribution in [0.25, 0.3) is 85.9 Å². The highest BCUT2D eigenvalue weighted by atomic mass is 32.1. The quantitative estimate of drug-likeness (QED) is 0.167. The highest BCUT2D eigenvalue weighted by Crippen LogP contribution is 2.49. The van der Waals surface area contributed by atoms with Gasteiger partial charge in [-0.15, -0.1) is 11.3 Å². The maximum Gasteiger partial charge on any atom is 0.145 e. The summed E-state index contributed by atoms with van der Waals surface area (Å²) in [5.74, 6) is 0. The fraction of sp³-hybridized carbons (Fsp3) is 0. The molecule has 0 bridgehead atoms. The fourth-order valence-electron chi connectivity index (χ4n) is 8.28. The van der Waals surface area contributed by atoms with Gasteiger partial charge in [-0.3, -0.25) is 0 Å². The van der Waals surface area contributed by atoms with E-state index in [0.717, 1.165) is 50.1 Å². The standard InChI is InChI=1S/C50H31NOS/c1-2-12-32(13-3-1)39-30-31-43(49-40-17-6-8-21-44(40)52-50(39)49)51(42-20-10-15-35-25-24-33-14-4-5-16-37(33)47(35)42)36-28-26-34(27-29-36)38-19-11-23-46-48(38)41-18-7-9-22-45(41)53-46/h1-31H. The predicted molar refractivity (Wildman–Crippen MR) is 227 cm³/mol. The first-order chi connectivity index (χ1) is 26.3. The van der Waals surface area contributed by atoms with Crippen LogP contribution in [0.2, 0.25) is 0 Å². The molecule has 0 amide bonds. The van der Waals surface area contributed by atoms with Crippen molar-refractivity contribution in [2.75, 3.05) is 4.90 Å². The van der Waals surface area contributed by atoms with Crippen LogP contribution in [-0.2, 0) is 0 Å². The van der Waals surface area contributed by atoms with E-state index in [9.17, 15) is 0 Å². The van der Waals surface area contributed by atoms with Crippen molar-refractivity contribution >= 4 is 92.1 Å². The molecule has 3 heteroatoms. The number of furan rings is 1. The molecule has 0 spiro atoms. The average molecular weight is 694 g/mol. The molecule has 0 fully saturated rings. The summed E-state index contributed by atoms with van der Waals surface area (Å²) >= 11 is 1.86. The van der Waals surface area contributed by atoms with E-state index in [1.807, 2.05) is 11.3 Å². The molecule has 0 aliphatic carbocycles. The largest absolute Gasteiger partial charge is 0.455 e. The zero-order valence-electron chi connectivity index (χ0n) is 28.7. The molecule has 11 aromatic rings. The monoisotopic (exact) mass is 693 g/mol. The van der Waals surface area contributed by atoms with Crippen molar-refractivity contribution in [1.29, 1.82) is 0 Å². The van der Waals surface area contributed by atoms with E-state index in [1.165, 1.54) is 52.8 Å². The van der Waals surface area contributed by atoms with Crippen molar-refractivity contribution in [3.05, 3.63) is 188 Å². The Kier molecular flexibility index (Phi) is 6.76. The first-order valence-electron chi connectivity index (χ1n) is 18.0. The van der Waals surface area contributed by atoms with Gasteiger partial charge >= 0.3 is 0 Å². The number of para-hydroxylation sites is 1. The molecule has 2 nitrogen and oxygen atoms in total. The number of nitrogens with zero attached hydrogens (tertiary/aromatic N) is 1. The van der Waals surface area contributed by atoms with Crippen LogP contribution in [0.5, 0.6) is 0 Å². The zero-order chi connectivity index (χ0) is 34.9. The van der Waals surface area contributed by atoms with Crippen LogP contribution >= 0.6 is 11.3 Å². The summed E-state index contributed by atoms with van der Waals surface area (Å²) in [6, 6.07) is 67.9. The van der Waals surface area contributed by atoms with Gasteiger partial charge in [0.1, 0.15) is 11.2 Å². The number of thiophene rings is 1. The Morgan fingerprint density at radius 3 is 1.92 bits per heavy atom. The second-order valence-corrected chi connectivity index (χ2v) is 14.7. The minimum atomic E-state index is 0.877. The second kappa shape index (κ2) is 11.9. The van der Waals surface area contributed by atoms with Gasteiger partial charge in [-0.2, -0.15) is 0 Å². The molecule has 11 rings (SSSR count). The minimum absolute atomic E-state index is 0.877. The summed E-state index contributed by atoms with van der Waals surface area (Å²) in [4.78, 5) is 2.44. The van der Waals surface area contributed by atoms with Crippen molar-refractivity contribution in [1.82, 2.24) is 0 Å². The Morgan fingerprint density at radius 1 is 0.377 bits per heavy atom. The average Bonchev–Trinajstić information content (AvgIpc) is 3.81. The van der Waals surface area contributed by atoms with Gasteiger partial charge in [0.25, 0.3) is 0 Å². The van der Waals surface area contributed by atoms with Crippen LogP contribution in [0.4, 0.5) is 17.1 Å². The summed E-state index contributed by atoms with van der Waals surface area (Å²) in [6.07, 6.45) is 0. The van der Waals surface area contributed by atoms with E-state index < -0.39 is 0 Å². The number of anilines is 3. The fourth-order valence-corrected chi connectivity index (χ4v) is 9.41. The van der Waals surface area contributed by atoms with Crippen molar-refractivity contribution < 1.29 is 4.42 Å². The Balaban J connectivity index is 1.19. The summed E-state index contributed by atoms with van der Waals surface area (Å²) < 4.78 is 9.40. The Labute approximate surface area is 310 Å². The maximum atomic E-state index is 6.78. The lowest BCUT2D eigenvalue weighted by Gasteiger charge is -2.28. The smallest absolute Gasteiger partial charge is 0.145 e. The van der Waals surface area contributed by atoms with Gasteiger partial charge in [0, 0.05) is 42.2 Å². The molecule has 0 N–H and O–H groups in total. The second-order valence-electron chi connectivity index (χ2n) is 13.6. The molecule has 53 heavy (non-hydrogen) atoms. The molecule has 0 aliphatic rings. The van der Waals surface area contributed by atoms with Crippen molar-refractivity contribution in [3.8, 4) is 22.3 Å². The van der Waals surface area contributed by atoms with Crippen LogP contribution in [0.15, 0.2) is 192 Å². The normalized spacial score (nSPS) is 11.8. The van der Waals surface area contributed by atoms with Gasteiger partial charge in [-0.25, -0.2) is 0 Å². The molecule has 0 unspecified atom stereocenters. The lowest BCUT2D eigenvalue weighted by Crippen LogP contribution is -2.11. The molecular formula is C50H31NOS. The van der Waals surface area contributed by atoms with Crippen LogP contribution in [0.3, 0.4) is 0 Å². The Morgan fingerprint density at radius 2 is 1.04 bits per heavy atom. The van der Waals surface area contributed by atoms with Gasteiger partial charge in [0.15, 0.2) is 0 Å². The first kappa shape index (κ1) is 30.0. The molecule has 0 atom stereocenters. The minimum Gasteiger partial charge on any atom is -0.455 e. The topological polar surface area (TPSA) is 16.4 Å². The van der Waals surface area contributed by atoms with E-state index in [2.05, 4.69) is 193 Å². The summed E-state index contributed by atoms with van der Waals surface area (Å²) in [5.41, 5.74) is 9.70. The lowest BCUT2D eigenvalue weighted by atomic mass is 9.96. The zero-order valence-corrected chi connectivity index (χ0v) is 29.5. The van der Waals surface area contributed by atoms with Crippen LogP contribution in [0, 0.1) is 0 Å². The number of fused-ring (bicyclic) bond motifs is 9. The van der Waals surface area contributed by atoms with Crippen LogP contribution in [-0.4, -0.2) is 0 Å². The van der Waals surface area contributed by atoms with Gasteiger partial charge in [-0.1, -0.05) is 140 Å². The molecular weight excluding hydrogens is 663 g/mol. The number of rotatable bonds is 5. The molecule has 2 heterocycles. The summed E-state index contributed by atoms with van der Waals surface area (Å²) in [7, 11) is 0. The molecule has 0 saturated heterocycles. The van der Waals surface area contributed by atoms with Crippen molar-refractivity contribution in [2.45, 2.75) is 0 Å². The van der Waals surface area contributed by atoms with Gasteiger partial charge in [0.2, 0.25) is 0 Å². The third kappa shape index (κ3) is 4.71. The number of hydrogen-bond acceptors (Lipinski definition) is 3. The van der Waals surface area contributed by atoms with E-state index in [1.54, 1.807) is 0 Å². The summed E-state index contributed by atoms with van der Waals surface area (Å²) in [6.45, 7) is 0. The van der Waals surface area contributed by atoms with E-state index in [4.69, 9.17) is 4.42 Å². The van der Waals surface area contributed by atoms with E-state index in [-0.39, 0.29) is 0 Å². The molecule has 9 aromatic carbocycles.